The summed E-state index contributed by atoms with van der Waals surface area (Å²) in [5.41, 5.74) is 1.32. The molecule has 0 radical (unpaired) electrons. The average Bonchev–Trinajstić information content (AvgIpc) is 3.08. The fourth-order valence-corrected chi connectivity index (χ4v) is 3.19. The number of hydrogen-bond acceptors (Lipinski definition) is 6. The Labute approximate surface area is 158 Å². The van der Waals surface area contributed by atoms with Gasteiger partial charge < -0.3 is 20.8 Å². The van der Waals surface area contributed by atoms with Gasteiger partial charge in [0, 0.05) is 23.1 Å². The van der Waals surface area contributed by atoms with Crippen LogP contribution in [0, 0.1) is 0 Å². The second kappa shape index (κ2) is 7.33. The van der Waals surface area contributed by atoms with Crippen molar-refractivity contribution in [3.8, 4) is 11.3 Å². The van der Waals surface area contributed by atoms with E-state index in [1.807, 2.05) is 18.2 Å². The van der Waals surface area contributed by atoms with Gasteiger partial charge in [0.2, 0.25) is 5.91 Å². The molecule has 0 spiro atoms. The zero-order valence-electron chi connectivity index (χ0n) is 14.4. The van der Waals surface area contributed by atoms with E-state index < -0.39 is 24.1 Å². The summed E-state index contributed by atoms with van der Waals surface area (Å²) in [5.74, 6) is -1.42. The topological polar surface area (TPSA) is 141 Å². The molecule has 1 aliphatic heterocycles. The number of carboxylic acids is 1. The number of aliphatic carboxylic acids is 1. The van der Waals surface area contributed by atoms with Crippen molar-refractivity contribution in [3.63, 3.8) is 0 Å². The van der Waals surface area contributed by atoms with Gasteiger partial charge >= 0.3 is 12.0 Å². The molecular formula is C17H18N4O5S. The highest BCUT2D eigenvalue weighted by Crippen LogP contribution is 2.30. The van der Waals surface area contributed by atoms with Gasteiger partial charge in [-0.15, -0.1) is 11.3 Å². The number of hydrogen-bond donors (Lipinski definition) is 5. The molecule has 0 bridgehead atoms. The van der Waals surface area contributed by atoms with Gasteiger partial charge in [-0.2, -0.15) is 0 Å². The van der Waals surface area contributed by atoms with Crippen molar-refractivity contribution in [1.82, 2.24) is 10.3 Å². The number of carbonyl (C=O) groups excluding carboxylic acids is 2. The number of benzene rings is 1. The van der Waals surface area contributed by atoms with Crippen molar-refractivity contribution in [1.29, 1.82) is 0 Å². The normalized spacial score (nSPS) is 15.3. The lowest BCUT2D eigenvalue weighted by Gasteiger charge is -2.18. The van der Waals surface area contributed by atoms with Crippen LogP contribution in [0.2, 0.25) is 0 Å². The number of fused-ring (bicyclic) bond motifs is 1. The van der Waals surface area contributed by atoms with Gasteiger partial charge in [0.25, 0.3) is 0 Å². The fraction of sp³-hybridized carbons (Fsp3) is 0.294. The Kier molecular flexibility index (Phi) is 5.10. The SMILES string of the molecule is CC(O)(CNC(=O)Nc1nc(-c2ccc3c(c2)CCC(=O)N3)cs1)C(=O)O. The Morgan fingerprint density at radius 2 is 2.15 bits per heavy atom. The number of carboxylic acid groups (broad SMARTS) is 1. The van der Waals surface area contributed by atoms with Gasteiger partial charge in [-0.3, -0.25) is 10.1 Å². The number of nitrogens with one attached hydrogen (secondary N) is 3. The van der Waals surface area contributed by atoms with Crippen LogP contribution in [-0.2, 0) is 16.0 Å². The maximum absolute atomic E-state index is 11.9. The first-order valence-electron chi connectivity index (χ1n) is 8.14. The number of aromatic nitrogens is 1. The van der Waals surface area contributed by atoms with E-state index in [4.69, 9.17) is 5.11 Å². The quantitative estimate of drug-likeness (QED) is 0.526. The Morgan fingerprint density at radius 3 is 2.89 bits per heavy atom. The number of urea groups is 1. The van der Waals surface area contributed by atoms with Crippen molar-refractivity contribution < 1.29 is 24.6 Å². The summed E-state index contributed by atoms with van der Waals surface area (Å²) in [4.78, 5) is 38.4. The predicted octanol–water partition coefficient (Wildman–Crippen LogP) is 1.65. The molecule has 0 saturated heterocycles. The first-order chi connectivity index (χ1) is 12.7. The smallest absolute Gasteiger partial charge is 0.337 e. The Bertz CT molecular complexity index is 908. The minimum Gasteiger partial charge on any atom is -0.479 e. The Balaban J connectivity index is 1.64. The van der Waals surface area contributed by atoms with Gasteiger partial charge in [-0.05, 0) is 31.0 Å². The molecule has 3 amide bonds. The standard InChI is InChI=1S/C17H18N4O5S/c1-17(26,14(23)24)8-18-15(25)21-16-20-12(7-27-16)10-2-4-11-9(6-10)3-5-13(22)19-11/h2,4,6-7,26H,3,5,8H2,1H3,(H,19,22)(H,23,24)(H2,18,20,21,25). The third-order valence-electron chi connectivity index (χ3n) is 4.08. The molecule has 142 valence electrons. The van der Waals surface area contributed by atoms with Crippen LogP contribution in [0.4, 0.5) is 15.6 Å². The molecule has 1 unspecified atom stereocenters. The van der Waals surface area contributed by atoms with Gasteiger partial charge in [0.05, 0.1) is 12.2 Å². The summed E-state index contributed by atoms with van der Waals surface area (Å²) < 4.78 is 0. The number of rotatable bonds is 5. The monoisotopic (exact) mass is 390 g/mol. The number of aryl methyl sites for hydroxylation is 1. The van der Waals surface area contributed by atoms with Gasteiger partial charge in [-0.1, -0.05) is 6.07 Å². The minimum atomic E-state index is -2.05. The zero-order valence-corrected chi connectivity index (χ0v) is 15.2. The summed E-state index contributed by atoms with van der Waals surface area (Å²) in [5, 5.41) is 28.1. The highest BCUT2D eigenvalue weighted by atomic mass is 32.1. The molecule has 27 heavy (non-hydrogen) atoms. The van der Waals surface area contributed by atoms with Crippen molar-refractivity contribution in [2.75, 3.05) is 17.2 Å². The van der Waals surface area contributed by atoms with Crippen LogP contribution in [0.15, 0.2) is 23.6 Å². The second-order valence-corrected chi connectivity index (χ2v) is 7.20. The van der Waals surface area contributed by atoms with Crippen molar-refractivity contribution >= 4 is 40.1 Å². The highest BCUT2D eigenvalue weighted by molar-refractivity contribution is 7.14. The lowest BCUT2D eigenvalue weighted by atomic mass is 9.99. The number of carbonyl (C=O) groups is 3. The summed E-state index contributed by atoms with van der Waals surface area (Å²) in [6, 6.07) is 4.96. The molecule has 1 aromatic carbocycles. The van der Waals surface area contributed by atoms with E-state index in [-0.39, 0.29) is 5.91 Å². The van der Waals surface area contributed by atoms with Crippen LogP contribution < -0.4 is 16.0 Å². The largest absolute Gasteiger partial charge is 0.479 e. The molecule has 0 saturated carbocycles. The third-order valence-corrected chi connectivity index (χ3v) is 4.83. The van der Waals surface area contributed by atoms with Gasteiger partial charge in [0.15, 0.2) is 10.7 Å². The lowest BCUT2D eigenvalue weighted by molar-refractivity contribution is -0.155. The zero-order chi connectivity index (χ0) is 19.6. The lowest BCUT2D eigenvalue weighted by Crippen LogP contribution is -2.47. The van der Waals surface area contributed by atoms with E-state index in [0.717, 1.165) is 23.7 Å². The third kappa shape index (κ3) is 4.41. The number of amides is 3. The van der Waals surface area contributed by atoms with Crippen LogP contribution in [0.3, 0.4) is 0 Å². The molecule has 9 nitrogen and oxygen atoms in total. The number of aliphatic hydroxyl groups is 1. The molecule has 1 aromatic heterocycles. The molecule has 1 atom stereocenters. The van der Waals surface area contributed by atoms with E-state index in [0.29, 0.717) is 23.7 Å². The van der Waals surface area contributed by atoms with Gasteiger partial charge in [0.1, 0.15) is 0 Å². The van der Waals surface area contributed by atoms with Crippen molar-refractivity contribution in [2.45, 2.75) is 25.4 Å². The molecule has 1 aliphatic rings. The average molecular weight is 390 g/mol. The first-order valence-corrected chi connectivity index (χ1v) is 9.02. The van der Waals surface area contributed by atoms with Gasteiger partial charge in [-0.25, -0.2) is 14.6 Å². The molecule has 0 fully saturated rings. The molecule has 10 heteroatoms. The summed E-state index contributed by atoms with van der Waals surface area (Å²) >= 11 is 1.22. The van der Waals surface area contributed by atoms with Crippen LogP contribution >= 0.6 is 11.3 Å². The summed E-state index contributed by atoms with van der Waals surface area (Å²) in [6.45, 7) is 0.651. The molecule has 2 aromatic rings. The Morgan fingerprint density at radius 1 is 1.37 bits per heavy atom. The van der Waals surface area contributed by atoms with E-state index in [2.05, 4.69) is 20.9 Å². The Hall–Kier alpha value is -2.98. The van der Waals surface area contributed by atoms with Crippen LogP contribution in [0.25, 0.3) is 11.3 Å². The predicted molar refractivity (Wildman–Crippen MR) is 99.8 cm³/mol. The number of thiazole rings is 1. The van der Waals surface area contributed by atoms with E-state index in [1.54, 1.807) is 5.38 Å². The van der Waals surface area contributed by atoms with E-state index in [9.17, 15) is 19.5 Å². The maximum atomic E-state index is 11.9. The minimum absolute atomic E-state index is 0.00304. The fourth-order valence-electron chi connectivity index (χ4n) is 2.48. The number of anilines is 2. The summed E-state index contributed by atoms with van der Waals surface area (Å²) in [7, 11) is 0. The molecule has 2 heterocycles. The first kappa shape index (κ1) is 18.8. The summed E-state index contributed by atoms with van der Waals surface area (Å²) in [6.07, 6.45) is 1.11. The van der Waals surface area contributed by atoms with Crippen LogP contribution in [-0.4, -0.2) is 45.3 Å². The van der Waals surface area contributed by atoms with Crippen molar-refractivity contribution in [2.24, 2.45) is 0 Å². The molecular weight excluding hydrogens is 372 g/mol. The van der Waals surface area contributed by atoms with E-state index >= 15 is 0 Å². The van der Waals surface area contributed by atoms with Crippen LogP contribution in [0.1, 0.15) is 18.9 Å². The number of nitrogens with zero attached hydrogens (tertiary/aromatic N) is 1. The van der Waals surface area contributed by atoms with Crippen LogP contribution in [0.5, 0.6) is 0 Å². The molecule has 0 aliphatic carbocycles. The highest BCUT2D eigenvalue weighted by Gasteiger charge is 2.30. The molecule has 5 N–H and O–H groups in total. The second-order valence-electron chi connectivity index (χ2n) is 6.34. The maximum Gasteiger partial charge on any atom is 0.337 e. The molecule has 3 rings (SSSR count). The van der Waals surface area contributed by atoms with Crippen molar-refractivity contribution in [3.05, 3.63) is 29.1 Å². The van der Waals surface area contributed by atoms with E-state index in [1.165, 1.54) is 11.3 Å².